The Balaban J connectivity index is 1.41. The van der Waals surface area contributed by atoms with Crippen molar-refractivity contribution >= 4 is 11.3 Å². The summed E-state index contributed by atoms with van der Waals surface area (Å²) in [4.78, 5) is 7.04. The molecule has 0 spiro atoms. The van der Waals surface area contributed by atoms with Gasteiger partial charge < -0.3 is 10.1 Å². The van der Waals surface area contributed by atoms with Crippen molar-refractivity contribution in [3.8, 4) is 0 Å². The van der Waals surface area contributed by atoms with E-state index in [1.807, 2.05) is 6.92 Å². The van der Waals surface area contributed by atoms with Crippen LogP contribution in [0.5, 0.6) is 0 Å². The molecular formula is C13H21N3OS. The van der Waals surface area contributed by atoms with Crippen molar-refractivity contribution < 1.29 is 4.74 Å². The monoisotopic (exact) mass is 267 g/mol. The van der Waals surface area contributed by atoms with Crippen LogP contribution in [0.2, 0.25) is 0 Å². The maximum Gasteiger partial charge on any atom is 0.107 e. The highest BCUT2D eigenvalue weighted by Gasteiger charge is 2.31. The van der Waals surface area contributed by atoms with Gasteiger partial charge >= 0.3 is 0 Å². The number of ether oxygens (including phenoxy) is 1. The van der Waals surface area contributed by atoms with Crippen LogP contribution >= 0.6 is 11.3 Å². The van der Waals surface area contributed by atoms with Crippen LogP contribution in [-0.2, 0) is 11.3 Å². The summed E-state index contributed by atoms with van der Waals surface area (Å²) in [6, 6.07) is 0.697. The highest BCUT2D eigenvalue weighted by molar-refractivity contribution is 7.09. The van der Waals surface area contributed by atoms with Crippen molar-refractivity contribution in [1.29, 1.82) is 0 Å². The number of hydrogen-bond donors (Lipinski definition) is 1. The molecule has 0 aliphatic carbocycles. The second-order valence-corrected chi connectivity index (χ2v) is 6.20. The fraction of sp³-hybridized carbons (Fsp3) is 0.769. The maximum atomic E-state index is 5.91. The summed E-state index contributed by atoms with van der Waals surface area (Å²) in [7, 11) is 0. The molecule has 0 radical (unpaired) electrons. The van der Waals surface area contributed by atoms with E-state index in [0.717, 1.165) is 31.9 Å². The minimum atomic E-state index is 0.348. The lowest BCUT2D eigenvalue weighted by Crippen LogP contribution is -2.49. The van der Waals surface area contributed by atoms with Crippen LogP contribution in [0, 0.1) is 6.92 Å². The Hall–Kier alpha value is -0.490. The molecule has 1 aromatic heterocycles. The van der Waals surface area contributed by atoms with Crippen LogP contribution in [0.4, 0.5) is 0 Å². The van der Waals surface area contributed by atoms with E-state index in [9.17, 15) is 0 Å². The molecule has 18 heavy (non-hydrogen) atoms. The Bertz CT molecular complexity index is 395. The minimum absolute atomic E-state index is 0.348. The summed E-state index contributed by atoms with van der Waals surface area (Å²) in [5.41, 5.74) is 1.12. The zero-order chi connectivity index (χ0) is 12.4. The molecule has 2 aliphatic rings. The topological polar surface area (TPSA) is 37.4 Å². The first-order chi connectivity index (χ1) is 8.81. The van der Waals surface area contributed by atoms with E-state index < -0.39 is 0 Å². The van der Waals surface area contributed by atoms with Gasteiger partial charge in [0.05, 0.1) is 12.7 Å². The van der Waals surface area contributed by atoms with Crippen LogP contribution in [0.1, 0.15) is 23.5 Å². The van der Waals surface area contributed by atoms with Crippen molar-refractivity contribution in [2.75, 3.05) is 26.2 Å². The average molecular weight is 267 g/mol. The summed E-state index contributed by atoms with van der Waals surface area (Å²) in [6.07, 6.45) is 3.01. The van der Waals surface area contributed by atoms with E-state index >= 15 is 0 Å². The molecule has 3 heterocycles. The molecule has 5 heteroatoms. The quantitative estimate of drug-likeness (QED) is 0.895. The van der Waals surface area contributed by atoms with Gasteiger partial charge in [0, 0.05) is 36.8 Å². The van der Waals surface area contributed by atoms with Crippen LogP contribution in [0.25, 0.3) is 0 Å². The summed E-state index contributed by atoms with van der Waals surface area (Å²) in [5.74, 6) is 0. The molecule has 0 bridgehead atoms. The van der Waals surface area contributed by atoms with Crippen molar-refractivity contribution in [2.45, 2.75) is 38.5 Å². The van der Waals surface area contributed by atoms with Gasteiger partial charge in [0.1, 0.15) is 5.01 Å². The second kappa shape index (κ2) is 5.65. The molecule has 0 amide bonds. The predicted octanol–water partition coefficient (Wildman–Crippen LogP) is 1.40. The number of hydrogen-bond acceptors (Lipinski definition) is 5. The lowest BCUT2D eigenvalue weighted by molar-refractivity contribution is -0.0470. The Labute approximate surface area is 112 Å². The van der Waals surface area contributed by atoms with Gasteiger partial charge in [0.2, 0.25) is 0 Å². The van der Waals surface area contributed by atoms with Gasteiger partial charge in [0.25, 0.3) is 0 Å². The third kappa shape index (κ3) is 2.91. The number of morpholine rings is 1. The summed E-state index contributed by atoms with van der Waals surface area (Å²) in [6.45, 7) is 7.11. The van der Waals surface area contributed by atoms with Gasteiger partial charge in [-0.2, -0.15) is 0 Å². The molecule has 2 unspecified atom stereocenters. The third-order valence-electron chi connectivity index (χ3n) is 3.78. The maximum absolute atomic E-state index is 5.91. The lowest BCUT2D eigenvalue weighted by Gasteiger charge is -2.35. The molecule has 1 aromatic rings. The zero-order valence-electron chi connectivity index (χ0n) is 10.9. The van der Waals surface area contributed by atoms with Gasteiger partial charge in [0.15, 0.2) is 0 Å². The highest BCUT2D eigenvalue weighted by Crippen LogP contribution is 2.22. The second-order valence-electron chi connectivity index (χ2n) is 5.26. The van der Waals surface area contributed by atoms with Gasteiger partial charge in [-0.15, -0.1) is 11.3 Å². The van der Waals surface area contributed by atoms with Crippen molar-refractivity contribution in [2.24, 2.45) is 0 Å². The first-order valence-electron chi connectivity index (χ1n) is 6.78. The number of thiazole rings is 1. The first kappa shape index (κ1) is 12.5. The molecule has 0 saturated carbocycles. The van der Waals surface area contributed by atoms with E-state index in [1.165, 1.54) is 24.4 Å². The Morgan fingerprint density at radius 1 is 1.61 bits per heavy atom. The molecule has 3 rings (SSSR count). The smallest absolute Gasteiger partial charge is 0.107 e. The Kier molecular flexibility index (Phi) is 3.94. The van der Waals surface area contributed by atoms with Gasteiger partial charge in [-0.05, 0) is 26.3 Å². The van der Waals surface area contributed by atoms with Gasteiger partial charge in [-0.3, -0.25) is 4.90 Å². The van der Waals surface area contributed by atoms with Crippen LogP contribution in [-0.4, -0.2) is 48.3 Å². The van der Waals surface area contributed by atoms with Crippen LogP contribution in [0.15, 0.2) is 5.38 Å². The van der Waals surface area contributed by atoms with E-state index in [4.69, 9.17) is 4.74 Å². The molecular weight excluding hydrogens is 246 g/mol. The van der Waals surface area contributed by atoms with Gasteiger partial charge in [-0.25, -0.2) is 4.98 Å². The normalized spacial score (nSPS) is 28.5. The van der Waals surface area contributed by atoms with Crippen LogP contribution in [0.3, 0.4) is 0 Å². The average Bonchev–Trinajstić information content (AvgIpc) is 2.97. The van der Waals surface area contributed by atoms with E-state index in [1.54, 1.807) is 11.3 Å². The highest BCUT2D eigenvalue weighted by atomic mass is 32.1. The fourth-order valence-electron chi connectivity index (χ4n) is 2.83. The predicted molar refractivity (Wildman–Crippen MR) is 72.9 cm³/mol. The summed E-state index contributed by atoms with van der Waals surface area (Å²) in [5, 5.41) is 6.73. The number of rotatable bonds is 4. The minimum Gasteiger partial charge on any atom is -0.374 e. The third-order valence-corrected chi connectivity index (χ3v) is 4.74. The Morgan fingerprint density at radius 2 is 2.56 bits per heavy atom. The Morgan fingerprint density at radius 3 is 3.39 bits per heavy atom. The number of fused-ring (bicyclic) bond motifs is 1. The van der Waals surface area contributed by atoms with E-state index in [0.29, 0.717) is 12.1 Å². The molecule has 2 fully saturated rings. The first-order valence-corrected chi connectivity index (χ1v) is 7.66. The molecule has 4 nitrogen and oxygen atoms in total. The molecule has 100 valence electrons. The van der Waals surface area contributed by atoms with Crippen molar-refractivity contribution in [3.63, 3.8) is 0 Å². The van der Waals surface area contributed by atoms with E-state index in [-0.39, 0.29) is 0 Å². The van der Waals surface area contributed by atoms with E-state index in [2.05, 4.69) is 20.6 Å². The molecule has 0 aromatic carbocycles. The zero-order valence-corrected chi connectivity index (χ0v) is 11.7. The van der Waals surface area contributed by atoms with Gasteiger partial charge in [-0.1, -0.05) is 0 Å². The number of aryl methyl sites for hydroxylation is 1. The van der Waals surface area contributed by atoms with Crippen LogP contribution < -0.4 is 5.32 Å². The molecule has 1 N–H and O–H groups in total. The summed E-state index contributed by atoms with van der Waals surface area (Å²) >= 11 is 1.73. The fourth-order valence-corrected chi connectivity index (χ4v) is 3.57. The number of aromatic nitrogens is 1. The molecule has 2 atom stereocenters. The number of nitrogens with one attached hydrogen (secondary N) is 1. The standard InChI is InChI=1S/C13H21N3OS/c1-10-9-18-13(15-10)6-14-5-12-7-16-4-2-3-11(16)8-17-12/h9,11-12,14H,2-8H2,1H3. The van der Waals surface area contributed by atoms with Crippen molar-refractivity contribution in [3.05, 3.63) is 16.1 Å². The molecule has 2 aliphatic heterocycles. The SMILES string of the molecule is Cc1csc(CNCC2CN3CCCC3CO2)n1. The number of nitrogens with zero attached hydrogens (tertiary/aromatic N) is 2. The molecule has 2 saturated heterocycles. The summed E-state index contributed by atoms with van der Waals surface area (Å²) < 4.78 is 5.91. The lowest BCUT2D eigenvalue weighted by atomic mass is 10.2. The largest absolute Gasteiger partial charge is 0.374 e. The van der Waals surface area contributed by atoms with Crippen molar-refractivity contribution in [1.82, 2.24) is 15.2 Å².